The zero-order valence-electron chi connectivity index (χ0n) is 9.14. The van der Waals surface area contributed by atoms with Gasteiger partial charge in [-0.15, -0.1) is 11.3 Å². The Labute approximate surface area is 96.1 Å². The Morgan fingerprint density at radius 1 is 1.44 bits per heavy atom. The lowest BCUT2D eigenvalue weighted by Crippen LogP contribution is -2.30. The highest BCUT2D eigenvalue weighted by molar-refractivity contribution is 7.15. The van der Waals surface area contributed by atoms with E-state index in [-0.39, 0.29) is 0 Å². The Kier molecular flexibility index (Phi) is 4.15. The van der Waals surface area contributed by atoms with Crippen LogP contribution in [-0.2, 0) is 13.0 Å². The van der Waals surface area contributed by atoms with Crippen LogP contribution in [0.25, 0.3) is 0 Å². The summed E-state index contributed by atoms with van der Waals surface area (Å²) in [6, 6.07) is 0. The van der Waals surface area contributed by atoms with Crippen LogP contribution in [0.2, 0.25) is 0 Å². The number of aryl methyl sites for hydroxylation is 1. The number of alkyl halides is 3. The third-order valence-corrected chi connectivity index (χ3v) is 3.26. The van der Waals surface area contributed by atoms with Crippen molar-refractivity contribution in [2.24, 2.45) is 5.73 Å². The molecule has 92 valence electrons. The third-order valence-electron chi connectivity index (χ3n) is 2.03. The molecule has 0 radical (unpaired) electrons. The van der Waals surface area contributed by atoms with Crippen molar-refractivity contribution >= 4 is 16.5 Å². The minimum atomic E-state index is -4.21. The molecule has 0 unspecified atom stereocenters. The number of thiazole rings is 1. The molecule has 16 heavy (non-hydrogen) atoms. The van der Waals surface area contributed by atoms with E-state index in [1.54, 1.807) is 0 Å². The van der Waals surface area contributed by atoms with Crippen molar-refractivity contribution in [1.29, 1.82) is 0 Å². The lowest BCUT2D eigenvalue weighted by molar-refractivity contribution is -0.119. The molecule has 1 heterocycles. The highest BCUT2D eigenvalue weighted by Crippen LogP contribution is 2.28. The van der Waals surface area contributed by atoms with Gasteiger partial charge >= 0.3 is 6.18 Å². The molecule has 0 saturated heterocycles. The van der Waals surface area contributed by atoms with Crippen molar-refractivity contribution in [3.05, 3.63) is 10.6 Å². The molecule has 0 saturated carbocycles. The average Bonchev–Trinajstić information content (AvgIpc) is 2.57. The van der Waals surface area contributed by atoms with Crippen molar-refractivity contribution in [3.8, 4) is 0 Å². The van der Waals surface area contributed by atoms with E-state index >= 15 is 0 Å². The Morgan fingerprint density at radius 3 is 2.44 bits per heavy atom. The molecule has 7 heteroatoms. The van der Waals surface area contributed by atoms with E-state index in [0.717, 1.165) is 15.5 Å². The fraction of sp³-hybridized carbons (Fsp3) is 0.667. The number of anilines is 1. The molecule has 0 fully saturated rings. The number of hydrogen-bond acceptors (Lipinski definition) is 4. The lowest BCUT2D eigenvalue weighted by atomic mass is 10.3. The van der Waals surface area contributed by atoms with Gasteiger partial charge in [0.25, 0.3) is 0 Å². The molecule has 0 spiro atoms. The molecule has 1 aromatic heterocycles. The highest BCUT2D eigenvalue weighted by Gasteiger charge is 2.30. The Bertz CT molecular complexity index is 327. The van der Waals surface area contributed by atoms with Crippen LogP contribution in [0, 0.1) is 0 Å². The Balaban J connectivity index is 2.83. The van der Waals surface area contributed by atoms with Gasteiger partial charge in [-0.1, -0.05) is 6.92 Å². The van der Waals surface area contributed by atoms with Crippen LogP contribution in [0.1, 0.15) is 17.5 Å². The first-order valence-corrected chi connectivity index (χ1v) is 5.65. The van der Waals surface area contributed by atoms with Gasteiger partial charge in [-0.2, -0.15) is 13.2 Å². The second-order valence-corrected chi connectivity index (χ2v) is 4.46. The maximum atomic E-state index is 12.2. The Morgan fingerprint density at radius 2 is 2.06 bits per heavy atom. The third kappa shape index (κ3) is 3.34. The van der Waals surface area contributed by atoms with Crippen molar-refractivity contribution in [2.75, 3.05) is 18.5 Å². The van der Waals surface area contributed by atoms with Crippen LogP contribution in [0.5, 0.6) is 0 Å². The van der Waals surface area contributed by atoms with E-state index < -0.39 is 12.7 Å². The number of nitrogens with zero attached hydrogens (tertiary/aromatic N) is 2. The molecular formula is C9H14F3N3S. The maximum Gasteiger partial charge on any atom is 0.405 e. The molecule has 0 aliphatic rings. The van der Waals surface area contributed by atoms with Gasteiger partial charge in [-0.3, -0.25) is 0 Å². The summed E-state index contributed by atoms with van der Waals surface area (Å²) in [6.45, 7) is 1.23. The van der Waals surface area contributed by atoms with Crippen LogP contribution in [0.4, 0.5) is 18.3 Å². The number of aromatic nitrogens is 1. The molecule has 1 aromatic rings. The summed E-state index contributed by atoms with van der Waals surface area (Å²) in [6.07, 6.45) is -3.53. The van der Waals surface area contributed by atoms with Crippen LogP contribution in [0.3, 0.4) is 0 Å². The molecule has 3 nitrogen and oxygen atoms in total. The minimum Gasteiger partial charge on any atom is -0.342 e. The van der Waals surface area contributed by atoms with Gasteiger partial charge in [0, 0.05) is 18.5 Å². The normalized spacial score (nSPS) is 11.9. The van der Waals surface area contributed by atoms with E-state index in [9.17, 15) is 13.2 Å². The molecule has 0 amide bonds. The first-order chi connectivity index (χ1) is 7.37. The van der Waals surface area contributed by atoms with E-state index in [4.69, 9.17) is 5.73 Å². The molecule has 0 aliphatic heterocycles. The van der Waals surface area contributed by atoms with Gasteiger partial charge < -0.3 is 10.6 Å². The van der Waals surface area contributed by atoms with Crippen LogP contribution in [-0.4, -0.2) is 24.8 Å². The first-order valence-electron chi connectivity index (χ1n) is 4.84. The van der Waals surface area contributed by atoms with Crippen LogP contribution < -0.4 is 10.6 Å². The average molecular weight is 253 g/mol. The Hall–Kier alpha value is -0.820. The van der Waals surface area contributed by atoms with Crippen LogP contribution in [0.15, 0.2) is 0 Å². The lowest BCUT2D eigenvalue weighted by Gasteiger charge is -2.17. The molecule has 0 bridgehead atoms. The number of nitrogens with two attached hydrogens (primary N) is 1. The molecule has 1 rings (SSSR count). The predicted octanol–water partition coefficient (Wildman–Crippen LogP) is 2.16. The van der Waals surface area contributed by atoms with Gasteiger partial charge in [0.1, 0.15) is 6.54 Å². The van der Waals surface area contributed by atoms with E-state index in [1.165, 1.54) is 18.4 Å². The largest absolute Gasteiger partial charge is 0.405 e. The molecule has 0 aliphatic carbocycles. The summed E-state index contributed by atoms with van der Waals surface area (Å²) in [5.74, 6) is 0. The van der Waals surface area contributed by atoms with Crippen molar-refractivity contribution < 1.29 is 13.2 Å². The number of hydrogen-bond donors (Lipinski definition) is 1. The standard InChI is InChI=1S/C9H14F3N3S/c1-3-6-7(4-13)16-8(14-6)15(2)5-9(10,11)12/h3-5,13H2,1-2H3. The quantitative estimate of drug-likeness (QED) is 0.894. The fourth-order valence-corrected chi connectivity index (χ4v) is 2.29. The zero-order valence-corrected chi connectivity index (χ0v) is 9.95. The monoisotopic (exact) mass is 253 g/mol. The van der Waals surface area contributed by atoms with Crippen LogP contribution >= 0.6 is 11.3 Å². The topological polar surface area (TPSA) is 42.2 Å². The second-order valence-electron chi connectivity index (χ2n) is 3.40. The summed E-state index contributed by atoms with van der Waals surface area (Å²) in [7, 11) is 1.38. The molecule has 0 aromatic carbocycles. The zero-order chi connectivity index (χ0) is 12.3. The molecule has 2 N–H and O–H groups in total. The number of halogens is 3. The number of rotatable bonds is 4. The summed E-state index contributed by atoms with van der Waals surface area (Å²) in [5.41, 5.74) is 6.29. The van der Waals surface area contributed by atoms with E-state index in [2.05, 4.69) is 4.98 Å². The van der Waals surface area contributed by atoms with Gasteiger partial charge in [-0.25, -0.2) is 4.98 Å². The minimum absolute atomic E-state index is 0.320. The fourth-order valence-electron chi connectivity index (χ4n) is 1.31. The van der Waals surface area contributed by atoms with E-state index in [0.29, 0.717) is 18.1 Å². The smallest absolute Gasteiger partial charge is 0.342 e. The van der Waals surface area contributed by atoms with Crippen molar-refractivity contribution in [3.63, 3.8) is 0 Å². The van der Waals surface area contributed by atoms with Gasteiger partial charge in [0.15, 0.2) is 5.13 Å². The van der Waals surface area contributed by atoms with Crippen molar-refractivity contribution in [2.45, 2.75) is 26.1 Å². The summed E-state index contributed by atoms with van der Waals surface area (Å²) in [4.78, 5) is 6.10. The summed E-state index contributed by atoms with van der Waals surface area (Å²) in [5, 5.41) is 0.370. The van der Waals surface area contributed by atoms with Gasteiger partial charge in [-0.05, 0) is 6.42 Å². The second kappa shape index (κ2) is 5.01. The van der Waals surface area contributed by atoms with Crippen molar-refractivity contribution in [1.82, 2.24) is 4.98 Å². The predicted molar refractivity (Wildman–Crippen MR) is 58.7 cm³/mol. The maximum absolute atomic E-state index is 12.2. The summed E-state index contributed by atoms with van der Waals surface area (Å²) >= 11 is 1.22. The van der Waals surface area contributed by atoms with Gasteiger partial charge in [0.05, 0.1) is 5.69 Å². The molecule has 0 atom stereocenters. The highest BCUT2D eigenvalue weighted by atomic mass is 32.1. The molecular weight excluding hydrogens is 239 g/mol. The van der Waals surface area contributed by atoms with Gasteiger partial charge in [0.2, 0.25) is 0 Å². The first kappa shape index (κ1) is 13.2. The van der Waals surface area contributed by atoms with E-state index in [1.807, 2.05) is 6.92 Å². The SMILES string of the molecule is CCc1nc(N(C)CC(F)(F)F)sc1CN. The summed E-state index contributed by atoms with van der Waals surface area (Å²) < 4.78 is 36.5.